The van der Waals surface area contributed by atoms with E-state index in [0.29, 0.717) is 17.6 Å². The second kappa shape index (κ2) is 5.71. The molecule has 2 N–H and O–H groups in total. The van der Waals surface area contributed by atoms with Gasteiger partial charge in [0.1, 0.15) is 0 Å². The molecular weight excluding hydrogens is 236 g/mol. The molecule has 3 nitrogen and oxygen atoms in total. The summed E-state index contributed by atoms with van der Waals surface area (Å²) in [5.41, 5.74) is 0.650. The van der Waals surface area contributed by atoms with Crippen molar-refractivity contribution in [2.45, 2.75) is 59.1 Å². The number of hydrogen-bond acceptors (Lipinski definition) is 3. The second-order valence-electron chi connectivity index (χ2n) is 7.75. The first kappa shape index (κ1) is 15.3. The van der Waals surface area contributed by atoms with E-state index in [1.807, 2.05) is 7.11 Å². The summed E-state index contributed by atoms with van der Waals surface area (Å²) >= 11 is 0. The van der Waals surface area contributed by atoms with Crippen LogP contribution in [0.5, 0.6) is 0 Å². The second-order valence-corrected chi connectivity index (χ2v) is 7.75. The molecule has 0 amide bonds. The third kappa shape index (κ3) is 3.14. The minimum Gasteiger partial charge on any atom is -0.381 e. The molecule has 1 saturated carbocycles. The van der Waals surface area contributed by atoms with Gasteiger partial charge >= 0.3 is 0 Å². The van der Waals surface area contributed by atoms with Gasteiger partial charge in [0.05, 0.1) is 6.10 Å². The molecule has 3 atom stereocenters. The predicted octanol–water partition coefficient (Wildman–Crippen LogP) is 2.42. The van der Waals surface area contributed by atoms with E-state index in [2.05, 4.69) is 38.3 Å². The Labute approximate surface area is 118 Å². The Morgan fingerprint density at radius 1 is 1.37 bits per heavy atom. The van der Waals surface area contributed by atoms with Gasteiger partial charge in [-0.25, -0.2) is 0 Å². The van der Waals surface area contributed by atoms with Gasteiger partial charge in [-0.2, -0.15) is 0 Å². The molecule has 2 aliphatic rings. The lowest BCUT2D eigenvalue weighted by Gasteiger charge is -2.52. The summed E-state index contributed by atoms with van der Waals surface area (Å²) in [4.78, 5) is 0. The fourth-order valence-corrected chi connectivity index (χ4v) is 3.68. The van der Waals surface area contributed by atoms with Gasteiger partial charge in [-0.05, 0) is 43.7 Å². The molecule has 1 aliphatic carbocycles. The van der Waals surface area contributed by atoms with Crippen molar-refractivity contribution in [2.24, 2.45) is 16.7 Å². The highest BCUT2D eigenvalue weighted by Gasteiger charge is 2.48. The van der Waals surface area contributed by atoms with Crippen LogP contribution >= 0.6 is 0 Å². The highest BCUT2D eigenvalue weighted by atomic mass is 16.5. The van der Waals surface area contributed by atoms with Crippen molar-refractivity contribution in [3.63, 3.8) is 0 Å². The molecular formula is C16H32N2O. The van der Waals surface area contributed by atoms with Crippen molar-refractivity contribution in [2.75, 3.05) is 26.7 Å². The van der Waals surface area contributed by atoms with Gasteiger partial charge in [-0.3, -0.25) is 0 Å². The summed E-state index contributed by atoms with van der Waals surface area (Å²) in [5, 5.41) is 7.34. The maximum atomic E-state index is 5.53. The fraction of sp³-hybridized carbons (Fsp3) is 1.00. The van der Waals surface area contributed by atoms with Crippen molar-refractivity contribution in [1.29, 1.82) is 0 Å². The number of piperidine rings is 1. The molecule has 0 aromatic heterocycles. The van der Waals surface area contributed by atoms with Crippen molar-refractivity contribution < 1.29 is 4.74 Å². The molecule has 0 spiro atoms. The lowest BCUT2D eigenvalue weighted by Crippen LogP contribution is -2.62. The average molecular weight is 268 g/mol. The van der Waals surface area contributed by atoms with E-state index in [4.69, 9.17) is 4.74 Å². The van der Waals surface area contributed by atoms with E-state index in [0.717, 1.165) is 18.9 Å². The SMILES string of the molecule is COC1CC(NCC(C)(C)C2CCCNC2)C1(C)C. The lowest BCUT2D eigenvalue weighted by atomic mass is 9.64. The van der Waals surface area contributed by atoms with Crippen LogP contribution < -0.4 is 10.6 Å². The van der Waals surface area contributed by atoms with Crippen LogP contribution in [0.4, 0.5) is 0 Å². The number of methoxy groups -OCH3 is 1. The molecule has 19 heavy (non-hydrogen) atoms. The van der Waals surface area contributed by atoms with Gasteiger partial charge in [0.25, 0.3) is 0 Å². The Morgan fingerprint density at radius 3 is 2.63 bits per heavy atom. The Kier molecular flexibility index (Phi) is 4.59. The van der Waals surface area contributed by atoms with E-state index in [1.165, 1.54) is 25.9 Å². The largest absolute Gasteiger partial charge is 0.381 e. The smallest absolute Gasteiger partial charge is 0.0652 e. The summed E-state index contributed by atoms with van der Waals surface area (Å²) in [6.45, 7) is 13.0. The number of ether oxygens (including phenoxy) is 1. The molecule has 1 saturated heterocycles. The predicted molar refractivity (Wildman–Crippen MR) is 80.4 cm³/mol. The van der Waals surface area contributed by atoms with Crippen molar-refractivity contribution >= 4 is 0 Å². The Balaban J connectivity index is 1.81. The van der Waals surface area contributed by atoms with Crippen LogP contribution in [0.1, 0.15) is 47.0 Å². The Bertz CT molecular complexity index is 295. The van der Waals surface area contributed by atoms with E-state index in [-0.39, 0.29) is 5.41 Å². The van der Waals surface area contributed by atoms with Crippen LogP contribution in [0.15, 0.2) is 0 Å². The molecule has 2 fully saturated rings. The third-order valence-electron chi connectivity index (χ3n) is 5.67. The Morgan fingerprint density at radius 2 is 2.11 bits per heavy atom. The quantitative estimate of drug-likeness (QED) is 0.803. The molecule has 0 aromatic carbocycles. The first-order valence-corrected chi connectivity index (χ1v) is 7.85. The molecule has 1 heterocycles. The maximum Gasteiger partial charge on any atom is 0.0652 e. The van der Waals surface area contributed by atoms with E-state index < -0.39 is 0 Å². The first-order chi connectivity index (χ1) is 8.88. The zero-order chi connectivity index (χ0) is 14.1. The van der Waals surface area contributed by atoms with Crippen LogP contribution in [0.3, 0.4) is 0 Å². The molecule has 0 bridgehead atoms. The minimum absolute atomic E-state index is 0.273. The third-order valence-corrected chi connectivity index (χ3v) is 5.67. The molecule has 2 rings (SSSR count). The Hall–Kier alpha value is -0.120. The summed E-state index contributed by atoms with van der Waals surface area (Å²) in [6.07, 6.45) is 4.28. The van der Waals surface area contributed by atoms with E-state index >= 15 is 0 Å². The standard InChI is InChI=1S/C16H32N2O/c1-15(2,12-7-6-8-17-10-12)11-18-13-9-14(19-5)16(13,3)4/h12-14,17-18H,6-11H2,1-5H3. The summed E-state index contributed by atoms with van der Waals surface area (Å²) in [6, 6.07) is 0.605. The molecule has 0 aromatic rings. The number of hydrogen-bond donors (Lipinski definition) is 2. The molecule has 1 aliphatic heterocycles. The van der Waals surface area contributed by atoms with Gasteiger partial charge in [0.2, 0.25) is 0 Å². The van der Waals surface area contributed by atoms with E-state index in [9.17, 15) is 0 Å². The van der Waals surface area contributed by atoms with Crippen molar-refractivity contribution in [1.82, 2.24) is 10.6 Å². The van der Waals surface area contributed by atoms with Gasteiger partial charge in [0, 0.05) is 25.1 Å². The molecule has 0 radical (unpaired) electrons. The maximum absolute atomic E-state index is 5.53. The van der Waals surface area contributed by atoms with Crippen LogP contribution in [-0.4, -0.2) is 38.9 Å². The fourth-order valence-electron chi connectivity index (χ4n) is 3.68. The molecule has 3 heteroatoms. The highest BCUT2D eigenvalue weighted by molar-refractivity contribution is 5.03. The zero-order valence-electron chi connectivity index (χ0n) is 13.4. The molecule has 3 unspecified atom stereocenters. The summed E-state index contributed by atoms with van der Waals surface area (Å²) in [5.74, 6) is 0.801. The number of nitrogens with one attached hydrogen (secondary N) is 2. The number of rotatable bonds is 5. The van der Waals surface area contributed by atoms with Crippen LogP contribution in [0.2, 0.25) is 0 Å². The van der Waals surface area contributed by atoms with Gasteiger partial charge in [-0.1, -0.05) is 27.7 Å². The zero-order valence-corrected chi connectivity index (χ0v) is 13.4. The summed E-state index contributed by atoms with van der Waals surface area (Å²) in [7, 11) is 1.83. The van der Waals surface area contributed by atoms with Gasteiger partial charge in [-0.15, -0.1) is 0 Å². The van der Waals surface area contributed by atoms with Crippen LogP contribution in [0.25, 0.3) is 0 Å². The average Bonchev–Trinajstić information content (AvgIpc) is 2.38. The monoisotopic (exact) mass is 268 g/mol. The van der Waals surface area contributed by atoms with Gasteiger partial charge in [0.15, 0.2) is 0 Å². The topological polar surface area (TPSA) is 33.3 Å². The van der Waals surface area contributed by atoms with Crippen molar-refractivity contribution in [3.05, 3.63) is 0 Å². The summed E-state index contributed by atoms with van der Waals surface area (Å²) < 4.78 is 5.53. The van der Waals surface area contributed by atoms with Crippen molar-refractivity contribution in [3.8, 4) is 0 Å². The van der Waals surface area contributed by atoms with E-state index in [1.54, 1.807) is 0 Å². The van der Waals surface area contributed by atoms with Gasteiger partial charge < -0.3 is 15.4 Å². The first-order valence-electron chi connectivity index (χ1n) is 7.85. The normalized spacial score (nSPS) is 34.9. The molecule has 112 valence electrons. The van der Waals surface area contributed by atoms with Crippen LogP contribution in [-0.2, 0) is 4.74 Å². The lowest BCUT2D eigenvalue weighted by molar-refractivity contribution is -0.1000. The van der Waals surface area contributed by atoms with Crippen LogP contribution in [0, 0.1) is 16.7 Å². The minimum atomic E-state index is 0.273. The highest BCUT2D eigenvalue weighted by Crippen LogP contribution is 2.43.